The smallest absolute Gasteiger partial charge is 0.410 e. The molecule has 1 N–H and O–H groups in total. The average molecular weight is 358 g/mol. The molecule has 0 radical (unpaired) electrons. The summed E-state index contributed by atoms with van der Waals surface area (Å²) in [7, 11) is 2.95. The van der Waals surface area contributed by atoms with Gasteiger partial charge < -0.3 is 14.6 Å². The number of carbonyl (C=O) groups is 2. The van der Waals surface area contributed by atoms with Crippen LogP contribution in [0.25, 0.3) is 10.9 Å². The van der Waals surface area contributed by atoms with Gasteiger partial charge in [0.1, 0.15) is 11.9 Å². The van der Waals surface area contributed by atoms with Crippen molar-refractivity contribution in [3.63, 3.8) is 0 Å². The summed E-state index contributed by atoms with van der Waals surface area (Å²) in [5.41, 5.74) is 0.348. The Kier molecular flexibility index (Phi) is 5.20. The number of hydrogen-bond donors (Lipinski definition) is 1. The molecule has 3 rings (SSSR count). The fraction of sp³-hybridized carbons (Fsp3) is 0.444. The highest BCUT2D eigenvalue weighted by molar-refractivity contribution is 5.85. The van der Waals surface area contributed by atoms with Crippen LogP contribution in [0.1, 0.15) is 25.1 Å². The van der Waals surface area contributed by atoms with Gasteiger partial charge in [0.15, 0.2) is 0 Å². The van der Waals surface area contributed by atoms with Gasteiger partial charge in [0.2, 0.25) is 5.91 Å². The molecule has 1 fully saturated rings. The van der Waals surface area contributed by atoms with E-state index in [1.807, 2.05) is 6.07 Å². The maximum atomic E-state index is 12.8. The predicted octanol–water partition coefficient (Wildman–Crippen LogP) is 1.50. The third-order valence-corrected chi connectivity index (χ3v) is 4.62. The molecule has 1 aliphatic rings. The van der Waals surface area contributed by atoms with E-state index in [2.05, 4.69) is 9.97 Å². The summed E-state index contributed by atoms with van der Waals surface area (Å²) >= 11 is 0. The van der Waals surface area contributed by atoms with Crippen molar-refractivity contribution in [2.24, 2.45) is 0 Å². The molecule has 1 atom stereocenters. The van der Waals surface area contributed by atoms with E-state index in [0.29, 0.717) is 29.7 Å². The molecule has 8 heteroatoms. The van der Waals surface area contributed by atoms with E-state index in [-0.39, 0.29) is 18.0 Å². The normalized spacial score (nSPS) is 17.2. The molecule has 0 saturated carbocycles. The van der Waals surface area contributed by atoms with Gasteiger partial charge in [-0.25, -0.2) is 9.78 Å². The summed E-state index contributed by atoms with van der Waals surface area (Å²) < 4.78 is 4.79. The number of rotatable bonds is 3. The molecule has 0 bridgehead atoms. The number of piperidine rings is 1. The monoisotopic (exact) mass is 358 g/mol. The Morgan fingerprint density at radius 2 is 2.12 bits per heavy atom. The first-order valence-corrected chi connectivity index (χ1v) is 8.58. The molecule has 2 aromatic rings. The van der Waals surface area contributed by atoms with Crippen molar-refractivity contribution in [3.8, 4) is 0 Å². The number of aromatic nitrogens is 2. The standard InChI is InChI=1S/C18H22N4O4/c1-21(17(24)14-9-5-6-10-22(14)18(25)26-2)11-15-19-13-8-4-3-7-12(13)16(23)20-15/h3-4,7-8,14H,5-6,9-11H2,1-2H3,(H,19,20,23)/t14-/m0/s1. The van der Waals surface area contributed by atoms with Crippen molar-refractivity contribution in [1.82, 2.24) is 19.8 Å². The molecule has 26 heavy (non-hydrogen) atoms. The number of nitrogens with zero attached hydrogens (tertiary/aromatic N) is 3. The van der Waals surface area contributed by atoms with Gasteiger partial charge in [0.05, 0.1) is 24.6 Å². The van der Waals surface area contributed by atoms with Crippen molar-refractivity contribution in [2.45, 2.75) is 31.8 Å². The molecule has 2 amide bonds. The maximum absolute atomic E-state index is 12.8. The fourth-order valence-corrected chi connectivity index (χ4v) is 3.29. The van der Waals surface area contributed by atoms with Crippen molar-refractivity contribution in [2.75, 3.05) is 20.7 Å². The lowest BCUT2D eigenvalue weighted by Crippen LogP contribution is -2.52. The van der Waals surface area contributed by atoms with Crippen LogP contribution in [0.5, 0.6) is 0 Å². The molecule has 1 saturated heterocycles. The Morgan fingerprint density at radius 1 is 1.35 bits per heavy atom. The largest absolute Gasteiger partial charge is 0.453 e. The van der Waals surface area contributed by atoms with Crippen molar-refractivity contribution < 1.29 is 14.3 Å². The van der Waals surface area contributed by atoms with Gasteiger partial charge in [-0.1, -0.05) is 12.1 Å². The first kappa shape index (κ1) is 17.9. The van der Waals surface area contributed by atoms with E-state index < -0.39 is 12.1 Å². The highest BCUT2D eigenvalue weighted by Crippen LogP contribution is 2.20. The van der Waals surface area contributed by atoms with Crippen LogP contribution in [0.15, 0.2) is 29.1 Å². The number of likely N-dealkylation sites (N-methyl/N-ethyl adjacent to an activating group) is 1. The van der Waals surface area contributed by atoms with E-state index in [1.54, 1.807) is 25.2 Å². The minimum absolute atomic E-state index is 0.157. The van der Waals surface area contributed by atoms with Gasteiger partial charge in [-0.05, 0) is 31.4 Å². The molecular formula is C18H22N4O4. The third-order valence-electron chi connectivity index (χ3n) is 4.62. The van der Waals surface area contributed by atoms with Gasteiger partial charge in [-0.15, -0.1) is 0 Å². The number of hydrogen-bond acceptors (Lipinski definition) is 5. The lowest BCUT2D eigenvalue weighted by Gasteiger charge is -2.35. The number of methoxy groups -OCH3 is 1. The number of carbonyl (C=O) groups excluding carboxylic acids is 2. The van der Waals surface area contributed by atoms with Crippen LogP contribution < -0.4 is 5.56 Å². The van der Waals surface area contributed by atoms with Crippen LogP contribution in [0.4, 0.5) is 4.79 Å². The molecule has 1 aliphatic heterocycles. The number of benzene rings is 1. The zero-order valence-corrected chi connectivity index (χ0v) is 14.9. The van der Waals surface area contributed by atoms with E-state index in [9.17, 15) is 14.4 Å². The first-order valence-electron chi connectivity index (χ1n) is 8.58. The second-order valence-electron chi connectivity index (χ2n) is 6.40. The predicted molar refractivity (Wildman–Crippen MR) is 95.6 cm³/mol. The first-order chi connectivity index (χ1) is 12.5. The second kappa shape index (κ2) is 7.55. The van der Waals surface area contributed by atoms with Crippen LogP contribution in [0, 0.1) is 0 Å². The zero-order valence-electron chi connectivity index (χ0n) is 14.9. The number of para-hydroxylation sites is 1. The Bertz CT molecular complexity index is 879. The number of ether oxygens (including phenoxy) is 1. The average Bonchev–Trinajstić information content (AvgIpc) is 2.66. The summed E-state index contributed by atoms with van der Waals surface area (Å²) in [4.78, 5) is 47.0. The van der Waals surface area contributed by atoms with E-state index in [1.165, 1.54) is 16.9 Å². The van der Waals surface area contributed by atoms with Crippen LogP contribution >= 0.6 is 0 Å². The van der Waals surface area contributed by atoms with Crippen LogP contribution in [-0.4, -0.2) is 58.5 Å². The lowest BCUT2D eigenvalue weighted by molar-refractivity contribution is -0.136. The Hall–Kier alpha value is -2.90. The van der Waals surface area contributed by atoms with E-state index in [4.69, 9.17) is 4.74 Å². The van der Waals surface area contributed by atoms with Gasteiger partial charge >= 0.3 is 6.09 Å². The summed E-state index contributed by atoms with van der Waals surface area (Å²) in [6.45, 7) is 0.659. The molecular weight excluding hydrogens is 336 g/mol. The number of aromatic amines is 1. The topological polar surface area (TPSA) is 95.6 Å². The van der Waals surface area contributed by atoms with Crippen molar-refractivity contribution >= 4 is 22.9 Å². The summed E-state index contributed by atoms with van der Waals surface area (Å²) in [6, 6.07) is 6.50. The molecule has 0 unspecified atom stereocenters. The van der Waals surface area contributed by atoms with Crippen molar-refractivity contribution in [3.05, 3.63) is 40.4 Å². The summed E-state index contributed by atoms with van der Waals surface area (Å²) in [6.07, 6.45) is 1.83. The Morgan fingerprint density at radius 3 is 2.88 bits per heavy atom. The molecule has 8 nitrogen and oxygen atoms in total. The fourth-order valence-electron chi connectivity index (χ4n) is 3.29. The molecule has 1 aromatic heterocycles. The number of amides is 2. The van der Waals surface area contributed by atoms with Gasteiger partial charge in [0, 0.05) is 13.6 Å². The maximum Gasteiger partial charge on any atom is 0.410 e. The van der Waals surface area contributed by atoms with E-state index >= 15 is 0 Å². The second-order valence-corrected chi connectivity index (χ2v) is 6.40. The highest BCUT2D eigenvalue weighted by atomic mass is 16.5. The van der Waals surface area contributed by atoms with Crippen LogP contribution in [0.2, 0.25) is 0 Å². The Balaban J connectivity index is 1.78. The highest BCUT2D eigenvalue weighted by Gasteiger charge is 2.34. The lowest BCUT2D eigenvalue weighted by atomic mass is 10.0. The number of H-pyrrole nitrogens is 1. The van der Waals surface area contributed by atoms with Crippen molar-refractivity contribution in [1.29, 1.82) is 0 Å². The SMILES string of the molecule is COC(=O)N1CCCC[C@H]1C(=O)N(C)Cc1nc2ccccc2c(=O)[nH]1. The molecule has 0 aliphatic carbocycles. The summed E-state index contributed by atoms with van der Waals surface area (Å²) in [5.74, 6) is 0.218. The number of likely N-dealkylation sites (tertiary alicyclic amines) is 1. The van der Waals surface area contributed by atoms with Gasteiger partial charge in [-0.2, -0.15) is 0 Å². The third kappa shape index (κ3) is 3.54. The number of nitrogens with one attached hydrogen (secondary N) is 1. The minimum Gasteiger partial charge on any atom is -0.453 e. The van der Waals surface area contributed by atoms with Crippen LogP contribution in [-0.2, 0) is 16.1 Å². The van der Waals surface area contributed by atoms with Gasteiger partial charge in [0.25, 0.3) is 5.56 Å². The molecule has 138 valence electrons. The van der Waals surface area contributed by atoms with Gasteiger partial charge in [-0.3, -0.25) is 14.5 Å². The summed E-state index contributed by atoms with van der Waals surface area (Å²) in [5, 5.41) is 0.509. The van der Waals surface area contributed by atoms with Crippen LogP contribution in [0.3, 0.4) is 0 Å². The number of fused-ring (bicyclic) bond motifs is 1. The Labute approximate surface area is 150 Å². The molecule has 2 heterocycles. The van der Waals surface area contributed by atoms with E-state index in [0.717, 1.165) is 12.8 Å². The zero-order chi connectivity index (χ0) is 18.7. The minimum atomic E-state index is -0.548. The molecule has 0 spiro atoms. The quantitative estimate of drug-likeness (QED) is 0.897. The molecule has 1 aromatic carbocycles.